The lowest BCUT2D eigenvalue weighted by molar-refractivity contribution is -0.170. The van der Waals surface area contributed by atoms with Crippen LogP contribution >= 0.6 is 0 Å². The third-order valence-corrected chi connectivity index (χ3v) is 5.31. The Balaban J connectivity index is 0. The first kappa shape index (κ1) is 33.9. The van der Waals surface area contributed by atoms with Crippen molar-refractivity contribution < 1.29 is 54.9 Å². The van der Waals surface area contributed by atoms with E-state index in [0.29, 0.717) is 6.42 Å². The van der Waals surface area contributed by atoms with Crippen molar-refractivity contribution in [2.75, 3.05) is 6.61 Å². The predicted molar refractivity (Wildman–Crippen MR) is 122 cm³/mol. The van der Waals surface area contributed by atoms with Gasteiger partial charge in [-0.05, 0) is 12.8 Å². The molecule has 0 saturated heterocycles. The van der Waals surface area contributed by atoms with Gasteiger partial charge in [-0.2, -0.15) is 0 Å². The first-order chi connectivity index (χ1) is 15.9. The van der Waals surface area contributed by atoms with Crippen LogP contribution in [0.15, 0.2) is 0 Å². The Morgan fingerprint density at radius 3 is 1.47 bits per heavy atom. The van der Waals surface area contributed by atoms with Gasteiger partial charge < -0.3 is 35.7 Å². The minimum absolute atomic E-state index is 0.156. The molecule has 0 fully saturated rings. The number of aliphatic carboxylic acids is 4. The van der Waals surface area contributed by atoms with E-state index in [1.807, 2.05) is 0 Å². The van der Waals surface area contributed by atoms with Crippen LogP contribution in [-0.4, -0.2) is 77.9 Å². The molecule has 7 N–H and O–H groups in total. The van der Waals surface area contributed by atoms with Gasteiger partial charge in [-0.1, -0.05) is 71.1 Å². The molecule has 11 heteroatoms. The molecule has 0 aliphatic rings. The summed E-state index contributed by atoms with van der Waals surface area (Å²) in [7, 11) is 0. The lowest BCUT2D eigenvalue weighted by atomic mass is 9.94. The van der Waals surface area contributed by atoms with Crippen molar-refractivity contribution in [1.82, 2.24) is 0 Å². The Labute approximate surface area is 200 Å². The molecular formula is C23H42O11. The van der Waals surface area contributed by atoms with Crippen LogP contribution in [0.2, 0.25) is 0 Å². The fraction of sp³-hybridized carbons (Fsp3) is 0.826. The minimum Gasteiger partial charge on any atom is -0.481 e. The van der Waals surface area contributed by atoms with E-state index in [-0.39, 0.29) is 13.0 Å². The average molecular weight is 495 g/mol. The van der Waals surface area contributed by atoms with E-state index in [2.05, 4.69) is 6.92 Å². The lowest BCUT2D eigenvalue weighted by Gasteiger charge is -2.18. The highest BCUT2D eigenvalue weighted by molar-refractivity contribution is 5.88. The standard InChI is InChI=1S/C17H34O4.C6H8O7/c1-2-3-4-5-6-7-8-9-10-11-12-15(17(20)21)13-16(19)14-18;7-3(8)1-6(13,5(11)12)2-4(9)10/h15-16,18-19H,2-14H2,1H3,(H,20,21);13H,1-2H2,(H,7,8)(H,9,10)(H,11,12). The van der Waals surface area contributed by atoms with Gasteiger partial charge in [-0.3, -0.25) is 14.4 Å². The van der Waals surface area contributed by atoms with Gasteiger partial charge in [0.05, 0.1) is 31.5 Å². The topological polar surface area (TPSA) is 210 Å². The summed E-state index contributed by atoms with van der Waals surface area (Å²) in [6, 6.07) is 0. The monoisotopic (exact) mass is 494 g/mol. The number of unbranched alkanes of at least 4 members (excludes halogenated alkanes) is 9. The summed E-state index contributed by atoms with van der Waals surface area (Å²) in [6.07, 6.45) is 9.86. The van der Waals surface area contributed by atoms with Crippen LogP contribution in [0.5, 0.6) is 0 Å². The molecule has 0 heterocycles. The van der Waals surface area contributed by atoms with Gasteiger partial charge in [0, 0.05) is 0 Å². The Morgan fingerprint density at radius 1 is 0.735 bits per heavy atom. The van der Waals surface area contributed by atoms with Crippen LogP contribution in [0.1, 0.15) is 96.8 Å². The molecular weight excluding hydrogens is 452 g/mol. The summed E-state index contributed by atoms with van der Waals surface area (Å²) in [4.78, 5) is 41.5. The highest BCUT2D eigenvalue weighted by atomic mass is 16.4. The maximum atomic E-state index is 11.0. The maximum absolute atomic E-state index is 11.0. The Morgan fingerprint density at radius 2 is 1.15 bits per heavy atom. The molecule has 34 heavy (non-hydrogen) atoms. The van der Waals surface area contributed by atoms with Gasteiger partial charge in [-0.25, -0.2) is 4.79 Å². The zero-order valence-electron chi connectivity index (χ0n) is 20.0. The quantitative estimate of drug-likeness (QED) is 0.122. The van der Waals surface area contributed by atoms with E-state index >= 15 is 0 Å². The average Bonchev–Trinajstić information content (AvgIpc) is 2.73. The Hall–Kier alpha value is -2.24. The molecule has 0 saturated carbocycles. The van der Waals surface area contributed by atoms with Gasteiger partial charge in [-0.15, -0.1) is 0 Å². The van der Waals surface area contributed by atoms with Crippen molar-refractivity contribution in [3.63, 3.8) is 0 Å². The molecule has 200 valence electrons. The summed E-state index contributed by atoms with van der Waals surface area (Å²) in [5.74, 6) is -6.41. The molecule has 0 aromatic carbocycles. The molecule has 0 radical (unpaired) electrons. The van der Waals surface area contributed by atoms with Gasteiger partial charge in [0.2, 0.25) is 0 Å². The number of aliphatic hydroxyl groups excluding tert-OH is 2. The second-order valence-corrected chi connectivity index (χ2v) is 8.56. The molecule has 11 nitrogen and oxygen atoms in total. The summed E-state index contributed by atoms with van der Waals surface area (Å²) in [6.45, 7) is 1.87. The highest BCUT2D eigenvalue weighted by Gasteiger charge is 2.40. The number of hydrogen-bond acceptors (Lipinski definition) is 7. The molecule has 0 aliphatic heterocycles. The highest BCUT2D eigenvalue weighted by Crippen LogP contribution is 2.18. The van der Waals surface area contributed by atoms with E-state index < -0.39 is 54.3 Å². The predicted octanol–water partition coefficient (Wildman–Crippen LogP) is 2.49. The van der Waals surface area contributed by atoms with Crippen LogP contribution in [0.3, 0.4) is 0 Å². The van der Waals surface area contributed by atoms with E-state index in [1.165, 1.54) is 51.4 Å². The first-order valence-corrected chi connectivity index (χ1v) is 11.8. The summed E-state index contributed by atoms with van der Waals surface area (Å²) < 4.78 is 0. The molecule has 0 bridgehead atoms. The van der Waals surface area contributed by atoms with Crippen molar-refractivity contribution in [2.45, 2.75) is 109 Å². The zero-order chi connectivity index (χ0) is 26.6. The summed E-state index contributed by atoms with van der Waals surface area (Å²) >= 11 is 0. The van der Waals surface area contributed by atoms with E-state index in [4.69, 9.17) is 30.6 Å². The molecule has 0 aromatic heterocycles. The van der Waals surface area contributed by atoms with E-state index in [9.17, 15) is 24.3 Å². The number of hydrogen-bond donors (Lipinski definition) is 7. The molecule has 0 spiro atoms. The van der Waals surface area contributed by atoms with E-state index in [0.717, 1.165) is 12.8 Å². The van der Waals surface area contributed by atoms with Crippen LogP contribution in [0.4, 0.5) is 0 Å². The second kappa shape index (κ2) is 20.2. The number of carbonyl (C=O) groups is 4. The van der Waals surface area contributed by atoms with Crippen LogP contribution < -0.4 is 0 Å². The van der Waals surface area contributed by atoms with Crippen molar-refractivity contribution in [3.8, 4) is 0 Å². The number of carboxylic acids is 4. The molecule has 0 amide bonds. The normalized spacial score (nSPS) is 12.8. The minimum atomic E-state index is -2.74. The van der Waals surface area contributed by atoms with Crippen LogP contribution in [0, 0.1) is 5.92 Å². The molecule has 2 unspecified atom stereocenters. The maximum Gasteiger partial charge on any atom is 0.336 e. The molecule has 2 atom stereocenters. The van der Waals surface area contributed by atoms with Gasteiger partial charge in [0.1, 0.15) is 0 Å². The number of rotatable bonds is 20. The van der Waals surface area contributed by atoms with Crippen molar-refractivity contribution in [1.29, 1.82) is 0 Å². The summed E-state index contributed by atoms with van der Waals surface area (Å²) in [5.41, 5.74) is -2.74. The SMILES string of the molecule is CCCCCCCCCCCCC(CC(O)CO)C(=O)O.O=C(O)CC(O)(CC(=O)O)C(=O)O. The fourth-order valence-corrected chi connectivity index (χ4v) is 3.34. The molecule has 0 aliphatic carbocycles. The third kappa shape index (κ3) is 19.2. The van der Waals surface area contributed by atoms with Crippen LogP contribution in [0.25, 0.3) is 0 Å². The van der Waals surface area contributed by atoms with Gasteiger partial charge in [0.25, 0.3) is 0 Å². The first-order valence-electron chi connectivity index (χ1n) is 11.8. The number of carboxylic acid groups (broad SMARTS) is 4. The van der Waals surface area contributed by atoms with Crippen LogP contribution in [-0.2, 0) is 19.2 Å². The molecule has 0 rings (SSSR count). The van der Waals surface area contributed by atoms with Gasteiger partial charge >= 0.3 is 23.9 Å². The smallest absolute Gasteiger partial charge is 0.336 e. The largest absolute Gasteiger partial charge is 0.481 e. The van der Waals surface area contributed by atoms with Crippen molar-refractivity contribution in [2.24, 2.45) is 5.92 Å². The number of aliphatic hydroxyl groups is 3. The zero-order valence-corrected chi connectivity index (χ0v) is 20.0. The third-order valence-electron chi connectivity index (χ3n) is 5.31. The lowest BCUT2D eigenvalue weighted by Crippen LogP contribution is -2.42. The fourth-order valence-electron chi connectivity index (χ4n) is 3.34. The Bertz CT molecular complexity index is 575. The van der Waals surface area contributed by atoms with E-state index in [1.54, 1.807) is 0 Å². The summed E-state index contributed by atoms with van der Waals surface area (Å²) in [5, 5.41) is 61.0. The van der Waals surface area contributed by atoms with Gasteiger partial charge in [0.15, 0.2) is 5.60 Å². The van der Waals surface area contributed by atoms with Crippen molar-refractivity contribution >= 4 is 23.9 Å². The molecule has 0 aromatic rings. The Kier molecular flexibility index (Phi) is 20.1. The van der Waals surface area contributed by atoms with Crippen molar-refractivity contribution in [3.05, 3.63) is 0 Å². The second-order valence-electron chi connectivity index (χ2n) is 8.56.